The van der Waals surface area contributed by atoms with Crippen molar-refractivity contribution in [3.63, 3.8) is 0 Å². The van der Waals surface area contributed by atoms with Crippen LogP contribution in [0.5, 0.6) is 0 Å². The second-order valence-corrected chi connectivity index (χ2v) is 6.06. The Morgan fingerprint density at radius 2 is 2.17 bits per heavy atom. The number of anilines is 1. The Hall–Kier alpha value is -0.870. The number of hydrogen-bond donors (Lipinski definition) is 2. The van der Waals surface area contributed by atoms with E-state index in [1.807, 2.05) is 24.3 Å². The lowest BCUT2D eigenvalue weighted by Gasteiger charge is -2.18. The fourth-order valence-electron chi connectivity index (χ4n) is 3.25. The summed E-state index contributed by atoms with van der Waals surface area (Å²) >= 11 is 3.45. The van der Waals surface area contributed by atoms with Crippen LogP contribution in [0.3, 0.4) is 0 Å². The Morgan fingerprint density at radius 1 is 1.33 bits per heavy atom. The maximum atomic E-state index is 12.3. The van der Waals surface area contributed by atoms with Crippen LogP contribution in [0.25, 0.3) is 0 Å². The smallest absolute Gasteiger partial charge is 0.241 e. The highest BCUT2D eigenvalue weighted by Crippen LogP contribution is 2.38. The number of nitrogens with one attached hydrogen (secondary N) is 2. The van der Waals surface area contributed by atoms with E-state index in [9.17, 15) is 4.79 Å². The quantitative estimate of drug-likeness (QED) is 0.882. The maximum Gasteiger partial charge on any atom is 0.241 e. The van der Waals surface area contributed by atoms with Gasteiger partial charge in [0.15, 0.2) is 0 Å². The summed E-state index contributed by atoms with van der Waals surface area (Å²) < 4.78 is 0.930. The molecule has 1 amide bonds. The molecule has 0 spiro atoms. The van der Waals surface area contributed by atoms with Gasteiger partial charge in [0, 0.05) is 4.47 Å². The number of para-hydroxylation sites is 1. The van der Waals surface area contributed by atoms with E-state index in [1.54, 1.807) is 0 Å². The molecular formula is C14H17BrN2O. The first-order chi connectivity index (χ1) is 8.75. The Morgan fingerprint density at radius 3 is 3.00 bits per heavy atom. The minimum absolute atomic E-state index is 0.00962. The lowest BCUT2D eigenvalue weighted by molar-refractivity contribution is -0.118. The Labute approximate surface area is 115 Å². The molecule has 1 aromatic rings. The van der Waals surface area contributed by atoms with Crippen molar-refractivity contribution >= 4 is 27.5 Å². The summed E-state index contributed by atoms with van der Waals surface area (Å²) in [6, 6.07) is 7.73. The summed E-state index contributed by atoms with van der Waals surface area (Å²) in [6.07, 6.45) is 3.73. The topological polar surface area (TPSA) is 41.1 Å². The molecule has 0 bridgehead atoms. The molecule has 4 heteroatoms. The Kier molecular flexibility index (Phi) is 3.39. The Balaban J connectivity index is 1.70. The second-order valence-electron chi connectivity index (χ2n) is 5.21. The molecule has 1 heterocycles. The van der Waals surface area contributed by atoms with E-state index in [-0.39, 0.29) is 11.9 Å². The number of fused-ring (bicyclic) bond motifs is 1. The monoisotopic (exact) mass is 308 g/mol. The molecule has 3 rings (SSSR count). The molecule has 2 aliphatic rings. The molecule has 1 aliphatic heterocycles. The van der Waals surface area contributed by atoms with Gasteiger partial charge in [0.25, 0.3) is 0 Å². The molecule has 0 aromatic heterocycles. The summed E-state index contributed by atoms with van der Waals surface area (Å²) in [4.78, 5) is 12.3. The summed E-state index contributed by atoms with van der Waals surface area (Å²) in [6.45, 7) is 0.999. The fraction of sp³-hybridized carbons (Fsp3) is 0.500. The first kappa shape index (κ1) is 12.2. The first-order valence-electron chi connectivity index (χ1n) is 6.54. The molecule has 18 heavy (non-hydrogen) atoms. The van der Waals surface area contributed by atoms with Crippen LogP contribution in [-0.4, -0.2) is 18.5 Å². The van der Waals surface area contributed by atoms with Gasteiger partial charge in [0.05, 0.1) is 11.7 Å². The van der Waals surface area contributed by atoms with E-state index >= 15 is 0 Å². The van der Waals surface area contributed by atoms with Gasteiger partial charge in [-0.3, -0.25) is 4.79 Å². The van der Waals surface area contributed by atoms with E-state index in [1.165, 1.54) is 19.3 Å². The predicted octanol–water partition coefficient (Wildman–Crippen LogP) is 2.78. The number of rotatable bonds is 2. The highest BCUT2D eigenvalue weighted by atomic mass is 79.9. The molecule has 2 fully saturated rings. The van der Waals surface area contributed by atoms with Crippen LogP contribution in [0.15, 0.2) is 28.7 Å². The van der Waals surface area contributed by atoms with Crippen LogP contribution in [0.4, 0.5) is 5.69 Å². The molecule has 1 saturated heterocycles. The molecule has 3 atom stereocenters. The van der Waals surface area contributed by atoms with Gasteiger partial charge in [0.2, 0.25) is 5.91 Å². The third-order valence-corrected chi connectivity index (χ3v) is 4.85. The lowest BCUT2D eigenvalue weighted by Crippen LogP contribution is -2.39. The van der Waals surface area contributed by atoms with Crippen molar-refractivity contribution in [1.29, 1.82) is 0 Å². The second kappa shape index (κ2) is 5.02. The average molecular weight is 309 g/mol. The van der Waals surface area contributed by atoms with E-state index in [2.05, 4.69) is 26.6 Å². The van der Waals surface area contributed by atoms with E-state index in [0.717, 1.165) is 16.7 Å². The minimum Gasteiger partial charge on any atom is -0.324 e. The van der Waals surface area contributed by atoms with Gasteiger partial charge in [-0.1, -0.05) is 18.6 Å². The molecule has 1 saturated carbocycles. The normalized spacial score (nSPS) is 30.2. The maximum absolute atomic E-state index is 12.3. The van der Waals surface area contributed by atoms with Crippen molar-refractivity contribution in [2.24, 2.45) is 11.8 Å². The number of carbonyl (C=O) groups is 1. The Bertz CT molecular complexity index is 463. The van der Waals surface area contributed by atoms with Crippen LogP contribution in [0.2, 0.25) is 0 Å². The molecule has 3 unspecified atom stereocenters. The zero-order valence-corrected chi connectivity index (χ0v) is 11.7. The van der Waals surface area contributed by atoms with E-state index < -0.39 is 0 Å². The number of amides is 1. The van der Waals surface area contributed by atoms with Gasteiger partial charge in [-0.15, -0.1) is 0 Å². The van der Waals surface area contributed by atoms with Crippen molar-refractivity contribution in [2.75, 3.05) is 11.9 Å². The zero-order valence-electron chi connectivity index (χ0n) is 10.2. The third kappa shape index (κ3) is 2.19. The zero-order chi connectivity index (χ0) is 12.5. The van der Waals surface area contributed by atoms with Crippen LogP contribution in [0, 0.1) is 11.8 Å². The van der Waals surface area contributed by atoms with Crippen molar-refractivity contribution in [3.8, 4) is 0 Å². The molecule has 0 radical (unpaired) electrons. The van der Waals surface area contributed by atoms with Gasteiger partial charge >= 0.3 is 0 Å². The van der Waals surface area contributed by atoms with Crippen LogP contribution in [-0.2, 0) is 4.79 Å². The lowest BCUT2D eigenvalue weighted by atomic mass is 9.93. The van der Waals surface area contributed by atoms with Crippen molar-refractivity contribution in [3.05, 3.63) is 28.7 Å². The summed E-state index contributed by atoms with van der Waals surface area (Å²) in [5, 5.41) is 6.39. The fourth-order valence-corrected chi connectivity index (χ4v) is 3.63. The SMILES string of the molecule is O=C(Nc1ccccc1Br)C1NCC2CCCC21. The van der Waals surface area contributed by atoms with Crippen LogP contribution < -0.4 is 10.6 Å². The number of benzene rings is 1. The molecule has 1 aromatic carbocycles. The van der Waals surface area contributed by atoms with Gasteiger partial charge in [-0.05, 0) is 59.3 Å². The number of halogens is 1. The molecule has 2 N–H and O–H groups in total. The number of hydrogen-bond acceptors (Lipinski definition) is 2. The summed E-state index contributed by atoms with van der Waals surface area (Å²) in [5.74, 6) is 1.35. The minimum atomic E-state index is -0.00962. The highest BCUT2D eigenvalue weighted by molar-refractivity contribution is 9.10. The number of carbonyl (C=O) groups excluding carboxylic acids is 1. The average Bonchev–Trinajstić information content (AvgIpc) is 2.93. The van der Waals surface area contributed by atoms with E-state index in [0.29, 0.717) is 11.8 Å². The van der Waals surface area contributed by atoms with Gasteiger partial charge in [-0.2, -0.15) is 0 Å². The van der Waals surface area contributed by atoms with Crippen LogP contribution in [0.1, 0.15) is 19.3 Å². The van der Waals surface area contributed by atoms with Crippen LogP contribution >= 0.6 is 15.9 Å². The predicted molar refractivity (Wildman–Crippen MR) is 75.4 cm³/mol. The molecule has 1 aliphatic carbocycles. The molecule has 96 valence electrons. The van der Waals surface area contributed by atoms with Gasteiger partial charge in [0.1, 0.15) is 0 Å². The van der Waals surface area contributed by atoms with E-state index in [4.69, 9.17) is 0 Å². The van der Waals surface area contributed by atoms with Crippen molar-refractivity contribution < 1.29 is 4.79 Å². The summed E-state index contributed by atoms with van der Waals surface area (Å²) in [7, 11) is 0. The van der Waals surface area contributed by atoms with Gasteiger partial charge < -0.3 is 10.6 Å². The first-order valence-corrected chi connectivity index (χ1v) is 7.34. The van der Waals surface area contributed by atoms with Crippen molar-refractivity contribution in [2.45, 2.75) is 25.3 Å². The van der Waals surface area contributed by atoms with Gasteiger partial charge in [-0.25, -0.2) is 0 Å². The molecule has 3 nitrogen and oxygen atoms in total. The standard InChI is InChI=1S/C14H17BrN2O/c15-11-6-1-2-7-12(11)17-14(18)13-10-5-3-4-9(10)8-16-13/h1-2,6-7,9-10,13,16H,3-5,8H2,(H,17,18). The largest absolute Gasteiger partial charge is 0.324 e. The highest BCUT2D eigenvalue weighted by Gasteiger charge is 2.42. The third-order valence-electron chi connectivity index (χ3n) is 4.16. The van der Waals surface area contributed by atoms with Crippen molar-refractivity contribution in [1.82, 2.24) is 5.32 Å². The molecular weight excluding hydrogens is 292 g/mol. The summed E-state index contributed by atoms with van der Waals surface area (Å²) in [5.41, 5.74) is 0.853.